The Morgan fingerprint density at radius 2 is 0.316 bits per heavy atom. The second kappa shape index (κ2) is 31.5. The van der Waals surface area contributed by atoms with E-state index in [0.717, 1.165) is 91.1 Å². The van der Waals surface area contributed by atoms with Gasteiger partial charge in [-0.05, 0) is 48.5 Å². The largest absolute Gasteiger partial charge is 1.00 e. The van der Waals surface area contributed by atoms with Crippen LogP contribution in [0.4, 0.5) is 45.5 Å². The number of para-hydroxylation sites is 8. The van der Waals surface area contributed by atoms with E-state index in [4.69, 9.17) is 19.2 Å². The van der Waals surface area contributed by atoms with Gasteiger partial charge in [0.15, 0.2) is 45.5 Å². The molecule has 0 saturated carbocycles. The maximum Gasteiger partial charge on any atom is 0.294 e. The molecule has 0 atom stereocenters. The molecule has 98 heavy (non-hydrogen) atoms. The molecule has 12 aromatic rings. The summed E-state index contributed by atoms with van der Waals surface area (Å²) in [5.74, 6) is 3.18. The third-order valence-corrected chi connectivity index (χ3v) is 15.6. The summed E-state index contributed by atoms with van der Waals surface area (Å²) in [5.41, 5.74) is 12.0. The fraction of sp³-hybridized carbons (Fsp3) is 0. The molecule has 0 saturated heterocycles. The van der Waals surface area contributed by atoms with Gasteiger partial charge in [-0.1, -0.05) is 257 Å². The normalized spacial score (nSPS) is 15.1. The van der Waals surface area contributed by atoms with Crippen LogP contribution < -0.4 is 45.5 Å². The molecule has 0 amide bonds. The molecule has 12 aromatic carbocycles. The molecule has 0 N–H and O–H groups in total. The highest BCUT2D eigenvalue weighted by molar-refractivity contribution is 7.40. The van der Waals surface area contributed by atoms with E-state index in [1.165, 1.54) is 0 Å². The first kappa shape index (κ1) is 67.4. The first-order valence-electron chi connectivity index (χ1n) is 30.6. The Kier molecular flexibility index (Phi) is 21.6. The SMILES string of the molecule is O=P([O-])([O-])[O-].[Cl-].c1ccc(C2=NN=N[N+]2(c2ccccc2)c2ccccc2)cc1.c1ccc(C2=NN=N[N+]2(c2ccccc2)c2ccccc2)cc1.c1ccc(C2=NN=N[N+]2(c2ccccc2)c2ccccc2)cc1.c1ccc(C2=NN=N[N+]2(c2ccccc2)c2ccccc2)cc1. The molecule has 0 fully saturated rings. The molecule has 480 valence electrons. The molecule has 4 aliphatic heterocycles. The highest BCUT2D eigenvalue weighted by Gasteiger charge is 2.49. The van der Waals surface area contributed by atoms with Crippen molar-refractivity contribution in [2.45, 2.75) is 0 Å². The van der Waals surface area contributed by atoms with Crippen LogP contribution in [0.2, 0.25) is 0 Å². The fourth-order valence-electron chi connectivity index (χ4n) is 11.4. The molecule has 0 aliphatic carbocycles. The topological polar surface area (TPSA) is 235 Å². The van der Waals surface area contributed by atoms with Crippen molar-refractivity contribution in [1.29, 1.82) is 0 Å². The molecule has 16 rings (SSSR count). The monoisotopic (exact) mass is 1330 g/mol. The Morgan fingerprint density at radius 1 is 0.204 bits per heavy atom. The summed E-state index contributed by atoms with van der Waals surface area (Å²) < 4.78 is 9.13. The smallest absolute Gasteiger partial charge is 0.294 e. The van der Waals surface area contributed by atoms with Gasteiger partial charge >= 0.3 is 0 Å². The molecule has 0 spiro atoms. The van der Waals surface area contributed by atoms with E-state index >= 15 is 0 Å². The average Bonchev–Trinajstić information content (AvgIpc) is 1.51. The number of halogens is 1. The van der Waals surface area contributed by atoms with Crippen LogP contribution in [0.5, 0.6) is 0 Å². The van der Waals surface area contributed by atoms with Crippen LogP contribution in [0.1, 0.15) is 22.3 Å². The van der Waals surface area contributed by atoms with Crippen LogP contribution in [0, 0.1) is 0 Å². The number of hydrogen-bond donors (Lipinski definition) is 0. The highest BCUT2D eigenvalue weighted by atomic mass is 35.5. The second-order valence-corrected chi connectivity index (χ2v) is 22.4. The van der Waals surface area contributed by atoms with Gasteiger partial charge in [0.1, 0.15) is 0 Å². The second-order valence-electron chi connectivity index (χ2n) is 21.5. The summed E-state index contributed by atoms with van der Waals surface area (Å²) in [6.45, 7) is 0. The minimum atomic E-state index is -5.39. The standard InChI is InChI=1S/4C19H15N4.ClH.H3O4P/c4*1-4-10-16(11-5-1)19-20-21-22-23(19,17-12-6-2-7-13-17)18-14-8-3-9-15-18;;1-5(2,3)4/h4*1-15H;1H;(H3,1,2,3,4)/q4*+1;;/p-4. The van der Waals surface area contributed by atoms with Crippen LogP contribution in [-0.2, 0) is 4.57 Å². The predicted molar refractivity (Wildman–Crippen MR) is 376 cm³/mol. The van der Waals surface area contributed by atoms with Crippen molar-refractivity contribution in [3.63, 3.8) is 0 Å². The number of nitrogens with zero attached hydrogens (tertiary/aromatic N) is 16. The minimum Gasteiger partial charge on any atom is -1.00 e. The van der Waals surface area contributed by atoms with Crippen LogP contribution in [0.3, 0.4) is 0 Å². The molecule has 22 heteroatoms. The first-order valence-corrected chi connectivity index (χ1v) is 32.1. The molecule has 4 aliphatic rings. The highest BCUT2D eigenvalue weighted by Crippen LogP contribution is 2.45. The predicted octanol–water partition coefficient (Wildman–Crippen LogP) is 14.5. The third-order valence-electron chi connectivity index (χ3n) is 15.6. The van der Waals surface area contributed by atoms with E-state index in [2.05, 4.69) is 159 Å². The Bertz CT molecular complexity index is 4080. The summed E-state index contributed by atoms with van der Waals surface area (Å²) >= 11 is 0. The van der Waals surface area contributed by atoms with Gasteiger partial charge in [0.05, 0.1) is 43.1 Å². The molecule has 4 heterocycles. The van der Waals surface area contributed by atoms with Gasteiger partial charge in [-0.15, -0.1) is 0 Å². The van der Waals surface area contributed by atoms with Crippen molar-refractivity contribution in [1.82, 2.24) is 18.4 Å². The summed E-state index contributed by atoms with van der Waals surface area (Å²) in [4.78, 5) is 25.6. The zero-order valence-corrected chi connectivity index (χ0v) is 53.9. The number of benzene rings is 12. The van der Waals surface area contributed by atoms with Gasteiger partial charge in [0, 0.05) is 118 Å². The lowest BCUT2D eigenvalue weighted by molar-refractivity contribution is -0.432. The summed E-state index contributed by atoms with van der Waals surface area (Å²) in [7, 11) is -5.39. The molecular formula is C76H60ClN16O4P. The molecule has 20 nitrogen and oxygen atoms in total. The van der Waals surface area contributed by atoms with E-state index in [9.17, 15) is 0 Å². The van der Waals surface area contributed by atoms with Gasteiger partial charge in [0.25, 0.3) is 23.3 Å². The maximum atomic E-state index is 8.55. The van der Waals surface area contributed by atoms with Crippen molar-refractivity contribution < 1.29 is 31.7 Å². The summed E-state index contributed by atoms with van der Waals surface area (Å²) in [6.07, 6.45) is 0. The van der Waals surface area contributed by atoms with Crippen LogP contribution in [0.25, 0.3) is 0 Å². The van der Waals surface area contributed by atoms with Crippen molar-refractivity contribution in [2.24, 2.45) is 62.2 Å². The molecule has 0 bridgehead atoms. The average molecular weight is 1330 g/mol. The molecule has 0 radical (unpaired) electrons. The number of rotatable bonds is 12. The Labute approximate surface area is 572 Å². The van der Waals surface area contributed by atoms with Crippen LogP contribution >= 0.6 is 7.82 Å². The zero-order chi connectivity index (χ0) is 66.6. The van der Waals surface area contributed by atoms with Crippen molar-refractivity contribution in [3.05, 3.63) is 386 Å². The van der Waals surface area contributed by atoms with E-state index in [1.807, 2.05) is 267 Å². The summed E-state index contributed by atoms with van der Waals surface area (Å²) in [5, 5.41) is 51.7. The maximum absolute atomic E-state index is 8.55. The third kappa shape index (κ3) is 14.5. The Morgan fingerprint density at radius 3 is 0.439 bits per heavy atom. The molecule has 0 unspecified atom stereocenters. The number of phosphoric acid groups is 1. The number of amidine groups is 4. The van der Waals surface area contributed by atoms with E-state index in [1.54, 1.807) is 0 Å². The fourth-order valence-corrected chi connectivity index (χ4v) is 11.4. The zero-order valence-electron chi connectivity index (χ0n) is 52.3. The van der Waals surface area contributed by atoms with Crippen molar-refractivity contribution in [2.75, 3.05) is 0 Å². The van der Waals surface area contributed by atoms with Gasteiger partial charge in [-0.3, -0.25) is 0 Å². The number of hydrogen-bond acceptors (Lipinski definition) is 16. The van der Waals surface area contributed by atoms with Crippen molar-refractivity contribution in [3.8, 4) is 0 Å². The molecular weight excluding hydrogens is 1270 g/mol. The quantitative estimate of drug-likeness (QED) is 0.0857. The van der Waals surface area contributed by atoms with Gasteiger partial charge in [-0.2, -0.15) is 7.82 Å². The summed E-state index contributed by atoms with van der Waals surface area (Å²) in [6, 6.07) is 121. The lowest BCUT2D eigenvalue weighted by Gasteiger charge is -2.36. The number of quaternary nitrogens is 4. The minimum absolute atomic E-state index is 0. The van der Waals surface area contributed by atoms with Crippen LogP contribution in [-0.4, -0.2) is 23.3 Å². The Hall–Kier alpha value is -12.0. The lowest BCUT2D eigenvalue weighted by Crippen LogP contribution is -3.00. The Balaban J connectivity index is 0.000000129. The van der Waals surface area contributed by atoms with E-state index in [-0.39, 0.29) is 30.8 Å². The van der Waals surface area contributed by atoms with Gasteiger partial charge in [-0.25, -0.2) is 0 Å². The van der Waals surface area contributed by atoms with Crippen LogP contribution in [0.15, 0.2) is 426 Å². The van der Waals surface area contributed by atoms with Gasteiger partial charge in [0.2, 0.25) is 0 Å². The van der Waals surface area contributed by atoms with Crippen molar-refractivity contribution >= 4 is 76.7 Å². The van der Waals surface area contributed by atoms with Gasteiger partial charge < -0.3 is 31.7 Å². The van der Waals surface area contributed by atoms with E-state index < -0.39 is 7.82 Å². The molecule has 0 aromatic heterocycles. The first-order chi connectivity index (χ1) is 47.6. The van der Waals surface area contributed by atoms with E-state index in [0.29, 0.717) is 0 Å². The lowest BCUT2D eigenvalue weighted by atomic mass is 10.1.